The molecule has 46 heavy (non-hydrogen) atoms. The molecule has 2 fully saturated rings. The zero-order chi connectivity index (χ0) is 33.0. The standard InChI is InChI=1S/2C17H21Cl2N3O/c2*1-16(9-18)7-6-14(8-13-2-4-15(19)5-3-13)17(16,23)10-22-12-20-11-21-22/h2*2-5,11-12,14,23H,6-10H2,1H3. The van der Waals surface area contributed by atoms with Crippen molar-refractivity contribution >= 4 is 46.4 Å². The smallest absolute Gasteiger partial charge is 0.137 e. The SMILES string of the molecule is CC1(CCl)CCC(Cc2ccc(Cl)cc2)C1(O)Cn1cncn1.CC1(CCl)CCC(Cc2ccc(Cl)cc2)C1(O)Cn1cncn1. The molecule has 12 heteroatoms. The average Bonchev–Trinajstić information content (AvgIpc) is 3.84. The van der Waals surface area contributed by atoms with Crippen molar-refractivity contribution in [3.63, 3.8) is 0 Å². The molecule has 0 bridgehead atoms. The molecule has 0 saturated heterocycles. The van der Waals surface area contributed by atoms with Crippen molar-refractivity contribution in [1.82, 2.24) is 29.5 Å². The summed E-state index contributed by atoms with van der Waals surface area (Å²) >= 11 is 24.4. The lowest BCUT2D eigenvalue weighted by molar-refractivity contribution is -0.0892. The normalized spacial score (nSPS) is 30.7. The molecule has 4 aromatic rings. The third kappa shape index (κ3) is 7.27. The topological polar surface area (TPSA) is 102 Å². The van der Waals surface area contributed by atoms with Gasteiger partial charge >= 0.3 is 0 Å². The fourth-order valence-corrected chi connectivity index (χ4v) is 8.34. The van der Waals surface area contributed by atoms with E-state index in [0.717, 1.165) is 48.6 Å². The Morgan fingerprint density at radius 2 is 1.04 bits per heavy atom. The van der Waals surface area contributed by atoms with Crippen molar-refractivity contribution in [3.8, 4) is 0 Å². The molecule has 248 valence electrons. The number of rotatable bonds is 10. The van der Waals surface area contributed by atoms with Crippen LogP contribution in [0, 0.1) is 22.7 Å². The van der Waals surface area contributed by atoms with Gasteiger partial charge in [0, 0.05) is 32.6 Å². The summed E-state index contributed by atoms with van der Waals surface area (Å²) < 4.78 is 3.40. The lowest BCUT2D eigenvalue weighted by atomic mass is 9.72. The van der Waals surface area contributed by atoms with Crippen LogP contribution in [0.2, 0.25) is 10.0 Å². The van der Waals surface area contributed by atoms with E-state index in [2.05, 4.69) is 34.0 Å². The first-order valence-electron chi connectivity index (χ1n) is 15.6. The average molecular weight is 709 g/mol. The van der Waals surface area contributed by atoms with Gasteiger partial charge in [0.2, 0.25) is 0 Å². The molecule has 6 unspecified atom stereocenters. The molecule has 0 aliphatic heterocycles. The van der Waals surface area contributed by atoms with Gasteiger partial charge in [-0.3, -0.25) is 9.36 Å². The maximum atomic E-state index is 11.6. The van der Waals surface area contributed by atoms with Crippen LogP contribution >= 0.6 is 46.4 Å². The summed E-state index contributed by atoms with van der Waals surface area (Å²) in [4.78, 5) is 7.96. The molecule has 2 heterocycles. The number of aromatic nitrogens is 6. The number of hydrogen-bond donors (Lipinski definition) is 2. The van der Waals surface area contributed by atoms with Crippen molar-refractivity contribution in [1.29, 1.82) is 0 Å². The minimum absolute atomic E-state index is 0.122. The summed E-state index contributed by atoms with van der Waals surface area (Å²) in [5.74, 6) is 1.10. The second kappa shape index (κ2) is 14.5. The van der Waals surface area contributed by atoms with Gasteiger partial charge in [-0.05, 0) is 85.8 Å². The Morgan fingerprint density at radius 3 is 1.35 bits per heavy atom. The lowest BCUT2D eigenvalue weighted by Crippen LogP contribution is -2.51. The van der Waals surface area contributed by atoms with Crippen molar-refractivity contribution in [2.75, 3.05) is 11.8 Å². The quantitative estimate of drug-likeness (QED) is 0.170. The lowest BCUT2D eigenvalue weighted by Gasteiger charge is -2.42. The predicted molar refractivity (Wildman–Crippen MR) is 183 cm³/mol. The number of aliphatic hydroxyl groups is 2. The van der Waals surface area contributed by atoms with Crippen molar-refractivity contribution in [3.05, 3.63) is 95.0 Å². The molecule has 2 aromatic carbocycles. The first kappa shape index (κ1) is 35.1. The Bertz CT molecular complexity index is 1410. The van der Waals surface area contributed by atoms with E-state index >= 15 is 0 Å². The molecule has 0 spiro atoms. The second-order valence-corrected chi connectivity index (χ2v) is 15.0. The molecular weight excluding hydrogens is 666 g/mol. The van der Waals surface area contributed by atoms with Gasteiger partial charge in [-0.2, -0.15) is 10.2 Å². The Labute approximate surface area is 291 Å². The highest BCUT2D eigenvalue weighted by Crippen LogP contribution is 2.53. The van der Waals surface area contributed by atoms with Crippen LogP contribution in [-0.2, 0) is 25.9 Å². The van der Waals surface area contributed by atoms with Crippen LogP contribution < -0.4 is 0 Å². The summed E-state index contributed by atoms with van der Waals surface area (Å²) in [5, 5.41) is 32.9. The zero-order valence-corrected chi connectivity index (χ0v) is 29.3. The van der Waals surface area contributed by atoms with E-state index in [4.69, 9.17) is 46.4 Å². The van der Waals surface area contributed by atoms with Crippen LogP contribution in [0.1, 0.15) is 50.7 Å². The van der Waals surface area contributed by atoms with E-state index in [1.807, 2.05) is 48.5 Å². The van der Waals surface area contributed by atoms with Gasteiger partial charge in [0.1, 0.15) is 25.3 Å². The molecule has 0 amide bonds. The number of benzene rings is 2. The predicted octanol–water partition coefficient (Wildman–Crippen LogP) is 7.12. The Morgan fingerprint density at radius 1 is 0.674 bits per heavy atom. The van der Waals surface area contributed by atoms with Gasteiger partial charge in [-0.1, -0.05) is 61.3 Å². The van der Waals surface area contributed by atoms with Crippen LogP contribution in [0.25, 0.3) is 0 Å². The molecule has 8 nitrogen and oxygen atoms in total. The number of hydrogen-bond acceptors (Lipinski definition) is 6. The summed E-state index contributed by atoms with van der Waals surface area (Å²) in [7, 11) is 0. The number of nitrogens with zero attached hydrogens (tertiary/aromatic N) is 6. The summed E-state index contributed by atoms with van der Waals surface area (Å²) in [6.07, 6.45) is 11.6. The molecule has 2 aliphatic carbocycles. The van der Waals surface area contributed by atoms with Crippen LogP contribution in [0.15, 0.2) is 73.8 Å². The van der Waals surface area contributed by atoms with E-state index in [-0.39, 0.29) is 22.7 Å². The summed E-state index contributed by atoms with van der Waals surface area (Å²) in [5.41, 5.74) is -0.148. The molecule has 0 radical (unpaired) electrons. The molecule has 2 aliphatic rings. The number of alkyl halides is 2. The van der Waals surface area contributed by atoms with Crippen molar-refractivity contribution in [2.45, 2.75) is 76.7 Å². The van der Waals surface area contributed by atoms with Crippen LogP contribution in [0.3, 0.4) is 0 Å². The van der Waals surface area contributed by atoms with Gasteiger partial charge < -0.3 is 10.2 Å². The van der Waals surface area contributed by atoms with E-state index < -0.39 is 11.2 Å². The molecule has 2 saturated carbocycles. The third-order valence-electron chi connectivity index (χ3n) is 10.7. The third-order valence-corrected chi connectivity index (χ3v) is 12.3. The zero-order valence-electron chi connectivity index (χ0n) is 26.2. The highest BCUT2D eigenvalue weighted by Gasteiger charge is 2.57. The van der Waals surface area contributed by atoms with E-state index in [1.165, 1.54) is 23.8 Å². The molecule has 6 rings (SSSR count). The fraction of sp³-hybridized carbons (Fsp3) is 0.529. The molecule has 2 N–H and O–H groups in total. The first-order chi connectivity index (χ1) is 21.9. The Hall–Kier alpha value is -2.20. The van der Waals surface area contributed by atoms with Crippen molar-refractivity contribution in [2.24, 2.45) is 22.7 Å². The molecular formula is C34H42Cl4N6O2. The highest BCUT2D eigenvalue weighted by molar-refractivity contribution is 6.30. The first-order valence-corrected chi connectivity index (χ1v) is 17.5. The maximum Gasteiger partial charge on any atom is 0.137 e. The maximum absolute atomic E-state index is 11.6. The largest absolute Gasteiger partial charge is 0.387 e. The van der Waals surface area contributed by atoms with Gasteiger partial charge in [0.05, 0.1) is 24.3 Å². The molecule has 6 atom stereocenters. The Balaban J connectivity index is 0.000000181. The minimum atomic E-state index is -0.915. The fourth-order valence-electron chi connectivity index (χ4n) is 7.36. The van der Waals surface area contributed by atoms with E-state index in [9.17, 15) is 10.2 Å². The van der Waals surface area contributed by atoms with Gasteiger partial charge in [0.25, 0.3) is 0 Å². The van der Waals surface area contributed by atoms with E-state index in [0.29, 0.717) is 24.8 Å². The summed E-state index contributed by atoms with van der Waals surface area (Å²) in [6.45, 7) is 4.96. The van der Waals surface area contributed by atoms with Crippen LogP contribution in [0.5, 0.6) is 0 Å². The van der Waals surface area contributed by atoms with Gasteiger partial charge in [-0.15, -0.1) is 23.2 Å². The minimum Gasteiger partial charge on any atom is -0.387 e. The molecule has 2 aromatic heterocycles. The monoisotopic (exact) mass is 706 g/mol. The van der Waals surface area contributed by atoms with Gasteiger partial charge in [-0.25, -0.2) is 9.97 Å². The second-order valence-electron chi connectivity index (χ2n) is 13.6. The van der Waals surface area contributed by atoms with Crippen LogP contribution in [0.4, 0.5) is 0 Å². The summed E-state index contributed by atoms with van der Waals surface area (Å²) in [6, 6.07) is 15.7. The van der Waals surface area contributed by atoms with Gasteiger partial charge in [0.15, 0.2) is 0 Å². The van der Waals surface area contributed by atoms with E-state index in [1.54, 1.807) is 22.0 Å². The Kier molecular flexibility index (Phi) is 11.1. The van der Waals surface area contributed by atoms with Crippen LogP contribution in [-0.4, -0.2) is 62.7 Å². The highest BCUT2D eigenvalue weighted by atomic mass is 35.5. The van der Waals surface area contributed by atoms with Crippen molar-refractivity contribution < 1.29 is 10.2 Å². The number of halogens is 4.